The Hall–Kier alpha value is -3.55. The lowest BCUT2D eigenvalue weighted by molar-refractivity contribution is 0.0731. The van der Waals surface area contributed by atoms with Gasteiger partial charge in [0.05, 0.1) is 17.2 Å². The Balaban J connectivity index is 1.81. The molecule has 0 heterocycles. The molecule has 3 aromatic rings. The van der Waals surface area contributed by atoms with E-state index in [0.29, 0.717) is 34.9 Å². The van der Waals surface area contributed by atoms with Crippen molar-refractivity contribution in [1.29, 1.82) is 5.26 Å². The number of nitriles is 1. The highest BCUT2D eigenvalue weighted by molar-refractivity contribution is 9.10. The number of hydrogen-bond acceptors (Lipinski definition) is 7. The zero-order valence-corrected chi connectivity index (χ0v) is 21.7. The number of aryl methyl sites for hydroxylation is 1. The molecule has 0 spiro atoms. The van der Waals surface area contributed by atoms with E-state index in [1.54, 1.807) is 43.3 Å². The monoisotopic (exact) mass is 570 g/mol. The van der Waals surface area contributed by atoms with Gasteiger partial charge in [0.25, 0.3) is 10.0 Å². The van der Waals surface area contributed by atoms with Gasteiger partial charge in [-0.3, -0.25) is 4.72 Å². The summed E-state index contributed by atoms with van der Waals surface area (Å²) < 4.78 is 34.7. The number of anilines is 1. The summed E-state index contributed by atoms with van der Waals surface area (Å²) in [7, 11) is -4.41. The molecule has 3 aromatic carbocycles. The molecule has 36 heavy (non-hydrogen) atoms. The van der Waals surface area contributed by atoms with Gasteiger partial charge >= 0.3 is 5.97 Å². The van der Waals surface area contributed by atoms with E-state index in [-0.39, 0.29) is 17.0 Å². The minimum Gasteiger partial charge on any atom is -0.506 e. The number of nitrogens with zero attached hydrogens (tertiary/aromatic N) is 1. The minimum absolute atomic E-state index is 0.235. The number of halogens is 1. The predicted octanol–water partition coefficient (Wildman–Crippen LogP) is 5.39. The molecule has 10 heteroatoms. The molecule has 3 N–H and O–H groups in total. The molecule has 0 unspecified atom stereocenters. The summed E-state index contributed by atoms with van der Waals surface area (Å²) in [6.45, 7) is 1.77. The normalized spacial score (nSPS) is 14.4. The van der Waals surface area contributed by atoms with Gasteiger partial charge in [-0.2, -0.15) is 5.26 Å². The van der Waals surface area contributed by atoms with Crippen molar-refractivity contribution in [2.75, 3.05) is 4.72 Å². The summed E-state index contributed by atoms with van der Waals surface area (Å²) in [5, 5.41) is 31.3. The number of hydrogen-bond donors (Lipinski definition) is 3. The van der Waals surface area contributed by atoms with Gasteiger partial charge < -0.3 is 14.9 Å². The molecule has 0 amide bonds. The Labute approximate surface area is 217 Å². The summed E-state index contributed by atoms with van der Waals surface area (Å²) in [4.78, 5) is 12.6. The van der Waals surface area contributed by atoms with E-state index < -0.39 is 37.8 Å². The molecule has 4 rings (SSSR count). The summed E-state index contributed by atoms with van der Waals surface area (Å²) in [6, 6.07) is 16.0. The number of nitrogens with one attached hydrogen (secondary N) is 1. The van der Waals surface area contributed by atoms with Crippen molar-refractivity contribution in [1.82, 2.24) is 0 Å². The quantitative estimate of drug-likeness (QED) is 0.197. The van der Waals surface area contributed by atoms with Crippen LogP contribution < -0.4 is 9.46 Å². The number of rotatable bonds is 7. The molecule has 0 aromatic heterocycles. The van der Waals surface area contributed by atoms with Crippen LogP contribution in [-0.2, 0) is 21.9 Å². The van der Waals surface area contributed by atoms with Crippen molar-refractivity contribution in [2.24, 2.45) is 0 Å². The maximum atomic E-state index is 13.3. The van der Waals surface area contributed by atoms with Crippen LogP contribution in [-0.4, -0.2) is 24.6 Å². The summed E-state index contributed by atoms with van der Waals surface area (Å²) in [6.07, 6.45) is 2.24. The van der Waals surface area contributed by atoms with Crippen molar-refractivity contribution in [3.8, 4) is 23.3 Å². The molecule has 1 saturated carbocycles. The molecule has 1 aliphatic rings. The smallest absolute Gasteiger partial charge is 0.347 e. The molecule has 0 atom stereocenters. The number of benzene rings is 3. The largest absolute Gasteiger partial charge is 0.506 e. The molecule has 1 aliphatic carbocycles. The van der Waals surface area contributed by atoms with Crippen molar-refractivity contribution in [3.63, 3.8) is 0 Å². The average molecular weight is 571 g/mol. The van der Waals surface area contributed by atoms with Crippen LogP contribution in [0.1, 0.15) is 47.7 Å². The third-order valence-electron chi connectivity index (χ3n) is 6.29. The maximum Gasteiger partial charge on any atom is 0.347 e. The number of carbonyl (C=O) groups is 1. The van der Waals surface area contributed by atoms with Crippen molar-refractivity contribution < 1.29 is 28.2 Å². The van der Waals surface area contributed by atoms with Crippen LogP contribution in [0.25, 0.3) is 0 Å². The Morgan fingerprint density at radius 3 is 2.42 bits per heavy atom. The molecular weight excluding hydrogens is 548 g/mol. The second-order valence-corrected chi connectivity index (χ2v) is 11.1. The third kappa shape index (κ3) is 4.76. The standard InChI is InChI=1S/C26H23BrN2O6S/c1-2-16-11-18(27)14-22(23(16)30)36(33,34)29-21-13-17(26(15-28)9-6-10-26)12-20(24(21)31)25(32)35-19-7-4-3-5-8-19/h3-5,7-8,11-14,29-31H,2,6,9-10H2,1H3. The second kappa shape index (κ2) is 9.84. The van der Waals surface area contributed by atoms with E-state index in [1.165, 1.54) is 18.2 Å². The lowest BCUT2D eigenvalue weighted by atomic mass is 9.65. The fourth-order valence-electron chi connectivity index (χ4n) is 4.09. The fraction of sp³-hybridized carbons (Fsp3) is 0.231. The Morgan fingerprint density at radius 2 is 1.83 bits per heavy atom. The molecule has 186 valence electrons. The molecule has 0 aliphatic heterocycles. The molecule has 8 nitrogen and oxygen atoms in total. The number of aromatic hydroxyl groups is 2. The number of phenols is 2. The van der Waals surface area contributed by atoms with Crippen LogP contribution in [0.4, 0.5) is 5.69 Å². The highest BCUT2D eigenvalue weighted by Gasteiger charge is 2.40. The number of para-hydroxylation sites is 1. The molecule has 0 saturated heterocycles. The van der Waals surface area contributed by atoms with Crippen molar-refractivity contribution in [2.45, 2.75) is 42.9 Å². The molecule has 0 bridgehead atoms. The van der Waals surface area contributed by atoms with E-state index in [2.05, 4.69) is 26.7 Å². The van der Waals surface area contributed by atoms with E-state index in [1.807, 2.05) is 0 Å². The molecular formula is C26H23BrN2O6S. The van der Waals surface area contributed by atoms with Crippen molar-refractivity contribution in [3.05, 3.63) is 75.8 Å². The average Bonchev–Trinajstić information content (AvgIpc) is 2.82. The summed E-state index contributed by atoms with van der Waals surface area (Å²) >= 11 is 3.26. The van der Waals surface area contributed by atoms with Crippen LogP contribution >= 0.6 is 15.9 Å². The first kappa shape index (κ1) is 25.5. The molecule has 0 radical (unpaired) electrons. The first-order valence-electron chi connectivity index (χ1n) is 11.2. The number of sulfonamides is 1. The Kier molecular flexibility index (Phi) is 6.98. The van der Waals surface area contributed by atoms with Gasteiger partial charge in [-0.1, -0.05) is 41.1 Å². The van der Waals surface area contributed by atoms with Gasteiger partial charge in [-0.15, -0.1) is 0 Å². The van der Waals surface area contributed by atoms with Gasteiger partial charge in [-0.05, 0) is 73.2 Å². The topological polar surface area (TPSA) is 137 Å². The van der Waals surface area contributed by atoms with Crippen LogP contribution in [0, 0.1) is 11.3 Å². The lowest BCUT2D eigenvalue weighted by Gasteiger charge is -2.36. The predicted molar refractivity (Wildman–Crippen MR) is 137 cm³/mol. The fourth-order valence-corrected chi connectivity index (χ4v) is 5.97. The Bertz CT molecular complexity index is 1480. The lowest BCUT2D eigenvalue weighted by Crippen LogP contribution is -2.32. The minimum atomic E-state index is -4.41. The zero-order chi connectivity index (χ0) is 26.1. The second-order valence-electron chi connectivity index (χ2n) is 8.54. The Morgan fingerprint density at radius 1 is 1.14 bits per heavy atom. The van der Waals surface area contributed by atoms with Gasteiger partial charge in [0.1, 0.15) is 22.0 Å². The van der Waals surface area contributed by atoms with Gasteiger partial charge in [0.15, 0.2) is 5.75 Å². The summed E-state index contributed by atoms with van der Waals surface area (Å²) in [5.41, 5.74) is -0.704. The number of phenolic OH excluding ortho intramolecular Hbond substituents is 2. The van der Waals surface area contributed by atoms with Gasteiger partial charge in [0, 0.05) is 4.47 Å². The van der Waals surface area contributed by atoms with Crippen LogP contribution in [0.3, 0.4) is 0 Å². The van der Waals surface area contributed by atoms with E-state index in [4.69, 9.17) is 4.74 Å². The van der Waals surface area contributed by atoms with Crippen LogP contribution in [0.2, 0.25) is 0 Å². The zero-order valence-electron chi connectivity index (χ0n) is 19.3. The number of carbonyl (C=O) groups excluding carboxylic acids is 1. The number of ether oxygens (including phenoxy) is 1. The first-order valence-corrected chi connectivity index (χ1v) is 13.5. The van der Waals surface area contributed by atoms with E-state index in [0.717, 1.165) is 6.42 Å². The maximum absolute atomic E-state index is 13.3. The third-order valence-corrected chi connectivity index (χ3v) is 8.13. The van der Waals surface area contributed by atoms with E-state index >= 15 is 0 Å². The SMILES string of the molecule is CCc1cc(Br)cc(S(=O)(=O)Nc2cc(C3(C#N)CCC3)cc(C(=O)Oc3ccccc3)c2O)c1O. The van der Waals surface area contributed by atoms with Gasteiger partial charge in [-0.25, -0.2) is 13.2 Å². The summed E-state index contributed by atoms with van der Waals surface area (Å²) in [5.74, 6) is -1.74. The van der Waals surface area contributed by atoms with Crippen LogP contribution in [0.5, 0.6) is 17.2 Å². The van der Waals surface area contributed by atoms with Crippen molar-refractivity contribution >= 4 is 37.6 Å². The van der Waals surface area contributed by atoms with Crippen LogP contribution in [0.15, 0.2) is 64.0 Å². The van der Waals surface area contributed by atoms with E-state index in [9.17, 15) is 28.7 Å². The highest BCUT2D eigenvalue weighted by Crippen LogP contribution is 2.46. The van der Waals surface area contributed by atoms with Gasteiger partial charge in [0.2, 0.25) is 0 Å². The highest BCUT2D eigenvalue weighted by atomic mass is 79.9. The number of esters is 1. The first-order chi connectivity index (χ1) is 17.1. The molecule has 1 fully saturated rings.